The minimum Gasteiger partial charge on any atom is -0.467 e. The molecule has 1 aliphatic heterocycles. The van der Waals surface area contributed by atoms with E-state index in [0.29, 0.717) is 36.2 Å². The van der Waals surface area contributed by atoms with E-state index in [1.54, 1.807) is 18.4 Å². The molecule has 1 aromatic carbocycles. The van der Waals surface area contributed by atoms with Gasteiger partial charge in [0, 0.05) is 40.5 Å². The van der Waals surface area contributed by atoms with E-state index in [9.17, 15) is 4.79 Å². The molecule has 0 atom stereocenters. The number of halogens is 1. The van der Waals surface area contributed by atoms with Gasteiger partial charge in [0.05, 0.1) is 12.8 Å². The van der Waals surface area contributed by atoms with Crippen LogP contribution < -0.4 is 4.74 Å². The van der Waals surface area contributed by atoms with Gasteiger partial charge in [-0.3, -0.25) is 9.79 Å². The molecule has 3 aromatic rings. The number of hydrogen-bond donors (Lipinski definition) is 0. The third-order valence-corrected chi connectivity index (χ3v) is 6.82. The number of fused-ring (bicyclic) bond motifs is 3. The summed E-state index contributed by atoms with van der Waals surface area (Å²) in [6, 6.07) is 10.2. The number of methoxy groups -OCH3 is 1. The number of rotatable bonds is 7. The first-order valence-corrected chi connectivity index (χ1v) is 11.5. The highest BCUT2D eigenvalue weighted by atomic mass is 35.5. The molecule has 0 bridgehead atoms. The molecule has 31 heavy (non-hydrogen) atoms. The summed E-state index contributed by atoms with van der Waals surface area (Å²) in [4.78, 5) is 20.3. The molecule has 3 heterocycles. The van der Waals surface area contributed by atoms with Gasteiger partial charge in [-0.25, -0.2) is 4.57 Å². The first-order valence-electron chi connectivity index (χ1n) is 10.3. The largest absolute Gasteiger partial charge is 0.467 e. The molecule has 0 spiro atoms. The average molecular weight is 458 g/mol. The van der Waals surface area contributed by atoms with Crippen molar-refractivity contribution >= 4 is 34.6 Å². The Bertz CT molecular complexity index is 1130. The van der Waals surface area contributed by atoms with Gasteiger partial charge in [-0.15, -0.1) is 16.4 Å². The summed E-state index contributed by atoms with van der Waals surface area (Å²) >= 11 is 8.12. The first-order chi connectivity index (χ1) is 15.1. The summed E-state index contributed by atoms with van der Waals surface area (Å²) in [5, 5.41) is 9.97. The molecule has 1 aliphatic rings. The van der Waals surface area contributed by atoms with Gasteiger partial charge in [-0.05, 0) is 32.4 Å². The van der Waals surface area contributed by atoms with E-state index in [1.165, 1.54) is 0 Å². The second kappa shape index (κ2) is 9.20. The van der Waals surface area contributed by atoms with E-state index < -0.39 is 0 Å². The number of nitrogens with zero attached hydrogens (tertiary/aromatic N) is 5. The molecule has 0 saturated heterocycles. The number of aromatic nitrogens is 3. The molecule has 0 unspecified atom stereocenters. The van der Waals surface area contributed by atoms with E-state index in [0.717, 1.165) is 39.8 Å². The van der Waals surface area contributed by atoms with Gasteiger partial charge in [0.1, 0.15) is 11.5 Å². The van der Waals surface area contributed by atoms with Gasteiger partial charge in [-0.1, -0.05) is 34.9 Å². The molecule has 162 valence electrons. The molecule has 0 radical (unpaired) electrons. The normalized spacial score (nSPS) is 12.6. The highest BCUT2D eigenvalue weighted by molar-refractivity contribution is 7.15. The third-order valence-electron chi connectivity index (χ3n) is 5.31. The lowest BCUT2D eigenvalue weighted by molar-refractivity contribution is -0.130. The van der Waals surface area contributed by atoms with Crippen LogP contribution in [0.4, 0.5) is 0 Å². The minimum atomic E-state index is 0.163. The van der Waals surface area contributed by atoms with Gasteiger partial charge in [0.25, 0.3) is 0 Å². The van der Waals surface area contributed by atoms with Gasteiger partial charge in [-0.2, -0.15) is 0 Å². The van der Waals surface area contributed by atoms with Crippen molar-refractivity contribution < 1.29 is 9.53 Å². The zero-order valence-corrected chi connectivity index (χ0v) is 19.3. The van der Waals surface area contributed by atoms with Gasteiger partial charge in [0.15, 0.2) is 5.82 Å². The number of carbonyl (C=O) groups excluding carboxylic acids is 1. The van der Waals surface area contributed by atoms with Crippen LogP contribution in [0.1, 0.15) is 42.1 Å². The van der Waals surface area contributed by atoms with Crippen LogP contribution in [0.2, 0.25) is 5.02 Å². The van der Waals surface area contributed by atoms with E-state index in [-0.39, 0.29) is 5.91 Å². The van der Waals surface area contributed by atoms with Crippen molar-refractivity contribution in [3.63, 3.8) is 0 Å². The minimum absolute atomic E-state index is 0.163. The number of benzene rings is 1. The number of aryl methyl sites for hydroxylation is 1. The van der Waals surface area contributed by atoms with Crippen LogP contribution in [0.3, 0.4) is 0 Å². The SMILES string of the molecule is CCN(CC)C(=O)CCc1cc2c(s1)-n1c(nnc1OC)CN=C2c1ccccc1Cl. The number of ether oxygens (including phenoxy) is 1. The van der Waals surface area contributed by atoms with Crippen LogP contribution in [-0.2, 0) is 17.8 Å². The van der Waals surface area contributed by atoms with Gasteiger partial charge >= 0.3 is 6.01 Å². The van der Waals surface area contributed by atoms with Crippen molar-refractivity contribution in [2.75, 3.05) is 20.2 Å². The summed E-state index contributed by atoms with van der Waals surface area (Å²) in [6.45, 7) is 5.82. The molecule has 0 fully saturated rings. The quantitative estimate of drug-likeness (QED) is 0.534. The van der Waals surface area contributed by atoms with E-state index in [2.05, 4.69) is 16.3 Å². The number of carbonyl (C=O) groups is 1. The Labute approximate surface area is 190 Å². The standard InChI is InChI=1S/C22H24ClN5O2S/c1-4-27(5-2)19(29)11-10-14-12-16-20(15-8-6-7-9-17(15)23)24-13-18-25-26-22(30-3)28(18)21(16)31-14/h6-9,12H,4-5,10-11,13H2,1-3H3. The Balaban J connectivity index is 1.76. The Kier molecular flexibility index (Phi) is 6.38. The molecule has 1 amide bonds. The molecular weight excluding hydrogens is 434 g/mol. The second-order valence-electron chi connectivity index (χ2n) is 7.08. The van der Waals surface area contributed by atoms with Gasteiger partial charge in [0.2, 0.25) is 5.91 Å². The Morgan fingerprint density at radius 1 is 1.23 bits per heavy atom. The van der Waals surface area contributed by atoms with Crippen LogP contribution in [-0.4, -0.2) is 51.5 Å². The van der Waals surface area contributed by atoms with Gasteiger partial charge < -0.3 is 9.64 Å². The van der Waals surface area contributed by atoms with Crippen LogP contribution in [0.15, 0.2) is 35.3 Å². The second-order valence-corrected chi connectivity index (χ2v) is 8.60. The Hall–Kier alpha value is -2.71. The van der Waals surface area contributed by atoms with Crippen LogP contribution in [0.25, 0.3) is 5.00 Å². The smallest absolute Gasteiger partial charge is 0.322 e. The molecule has 4 rings (SSSR count). The topological polar surface area (TPSA) is 72.6 Å². The fourth-order valence-corrected chi connectivity index (χ4v) is 5.11. The lowest BCUT2D eigenvalue weighted by Crippen LogP contribution is -2.30. The molecular formula is C22H24ClN5O2S. The molecule has 7 nitrogen and oxygen atoms in total. The number of aliphatic imine (C=N–C) groups is 1. The summed E-state index contributed by atoms with van der Waals surface area (Å²) < 4.78 is 7.36. The van der Waals surface area contributed by atoms with Crippen molar-refractivity contribution in [2.24, 2.45) is 4.99 Å². The fraction of sp³-hybridized carbons (Fsp3) is 0.364. The summed E-state index contributed by atoms with van der Waals surface area (Å²) in [6.07, 6.45) is 1.12. The molecule has 0 saturated carbocycles. The lowest BCUT2D eigenvalue weighted by atomic mass is 10.0. The zero-order chi connectivity index (χ0) is 22.0. The molecule has 0 N–H and O–H groups in total. The highest BCUT2D eigenvalue weighted by Crippen LogP contribution is 2.36. The average Bonchev–Trinajstić information content (AvgIpc) is 3.35. The monoisotopic (exact) mass is 457 g/mol. The number of hydrogen-bond acceptors (Lipinski definition) is 6. The number of thiophene rings is 1. The van der Waals surface area contributed by atoms with Crippen LogP contribution in [0, 0.1) is 0 Å². The summed E-state index contributed by atoms with van der Waals surface area (Å²) in [5.41, 5.74) is 2.62. The van der Waals surface area contributed by atoms with E-state index in [4.69, 9.17) is 21.3 Å². The van der Waals surface area contributed by atoms with Crippen molar-refractivity contribution in [1.29, 1.82) is 0 Å². The summed E-state index contributed by atoms with van der Waals surface area (Å²) in [7, 11) is 1.58. The maximum absolute atomic E-state index is 12.5. The van der Waals surface area contributed by atoms with Crippen molar-refractivity contribution in [2.45, 2.75) is 33.2 Å². The maximum Gasteiger partial charge on any atom is 0.322 e. The first kappa shape index (κ1) is 21.5. The Morgan fingerprint density at radius 3 is 2.71 bits per heavy atom. The van der Waals surface area contributed by atoms with E-state index in [1.807, 2.05) is 47.6 Å². The fourth-order valence-electron chi connectivity index (χ4n) is 3.71. The van der Waals surface area contributed by atoms with Crippen LogP contribution >= 0.6 is 22.9 Å². The third kappa shape index (κ3) is 4.09. The van der Waals surface area contributed by atoms with Crippen molar-refractivity contribution in [3.05, 3.63) is 57.2 Å². The molecule has 9 heteroatoms. The van der Waals surface area contributed by atoms with E-state index >= 15 is 0 Å². The van der Waals surface area contributed by atoms with Crippen molar-refractivity contribution in [1.82, 2.24) is 19.7 Å². The predicted molar refractivity (Wildman–Crippen MR) is 123 cm³/mol. The molecule has 0 aliphatic carbocycles. The lowest BCUT2D eigenvalue weighted by Gasteiger charge is -2.18. The zero-order valence-electron chi connectivity index (χ0n) is 17.8. The number of amides is 1. The van der Waals surface area contributed by atoms with Crippen molar-refractivity contribution in [3.8, 4) is 11.0 Å². The Morgan fingerprint density at radius 2 is 2.00 bits per heavy atom. The van der Waals surface area contributed by atoms with Crippen LogP contribution in [0.5, 0.6) is 6.01 Å². The highest BCUT2D eigenvalue weighted by Gasteiger charge is 2.27. The summed E-state index contributed by atoms with van der Waals surface area (Å²) in [5.74, 6) is 0.865. The molecule has 2 aromatic heterocycles. The maximum atomic E-state index is 12.5. The predicted octanol–water partition coefficient (Wildman–Crippen LogP) is 4.14.